The summed E-state index contributed by atoms with van der Waals surface area (Å²) in [7, 11) is 0. The van der Waals surface area contributed by atoms with Crippen molar-refractivity contribution in [1.29, 1.82) is 0 Å². The number of aromatic nitrogens is 8. The fourth-order valence-corrected chi connectivity index (χ4v) is 16.6. The van der Waals surface area contributed by atoms with Crippen LogP contribution in [-0.2, 0) is 10.8 Å². The summed E-state index contributed by atoms with van der Waals surface area (Å²) in [6, 6.07) is 118. The quantitative estimate of drug-likeness (QED) is 0.181. The Morgan fingerprint density at radius 2 is 0.650 bits per heavy atom. The number of hydrogen-bond acceptors (Lipinski definition) is 8. The first-order valence-electron chi connectivity index (χ1n) is 34.4. The molecule has 0 saturated heterocycles. The molecule has 0 radical (unpaired) electrons. The molecule has 0 unspecified atom stereocenters. The molecular weight excluding hydrogens is 1280 g/mol. The predicted molar refractivity (Wildman–Crippen MR) is 413 cm³/mol. The standard InChI is InChI=1S/C46H28N4O.C31H19NO.C15H10ClN3.H2/c1-3-15-29(16-4-1)43-47-44(30-17-5-2-6-18-30)49-45(48-43)50-39-25-13-9-21-33(39)34-27-28-38-42(41(34)50)51-40-26-14-12-24-37(40)46(38)35-22-10-7-19-31(35)32-20-8-11-23-36(32)46;1-4-12-23-19(9-1)20-10-2-5-13-24(20)31(23)25-14-6-8-16-28(25)33-30-26(31)18-17-22-21-11-3-7-15-27(21)32-29(22)30;16-15-18-13(11-7-3-1-4-8-11)17-14(19-15)12-9-5-2-6-10-12;/h1-28H;1-18,32H;1-10H;1H/i;;;1+1. The number of H-pyrrole nitrogens is 1. The second kappa shape index (κ2) is 23.9. The lowest BCUT2D eigenvalue weighted by atomic mass is 9.66. The second-order valence-corrected chi connectivity index (χ2v) is 26.4. The smallest absolute Gasteiger partial charge is 0.238 e. The third kappa shape index (κ3) is 9.21. The normalized spacial score (nSPS) is 13.2. The molecule has 6 heterocycles. The van der Waals surface area contributed by atoms with Gasteiger partial charge >= 0.3 is 0 Å². The highest BCUT2D eigenvalue weighted by molar-refractivity contribution is 6.28. The minimum Gasteiger partial charge on any atom is -0.454 e. The van der Waals surface area contributed by atoms with Crippen molar-refractivity contribution >= 4 is 55.2 Å². The number of fused-ring (bicyclic) bond motifs is 26. The number of hydrogen-bond donors (Lipinski definition) is 1. The van der Waals surface area contributed by atoms with Crippen molar-refractivity contribution in [2.24, 2.45) is 0 Å². The van der Waals surface area contributed by atoms with Gasteiger partial charge < -0.3 is 14.5 Å². The van der Waals surface area contributed by atoms with Crippen LogP contribution < -0.4 is 9.47 Å². The van der Waals surface area contributed by atoms with E-state index < -0.39 is 10.8 Å². The molecule has 22 rings (SSSR count). The minimum atomic E-state index is -0.587. The van der Waals surface area contributed by atoms with Crippen molar-refractivity contribution < 1.29 is 10.9 Å². The van der Waals surface area contributed by atoms with Gasteiger partial charge in [-0.25, -0.2) is 9.97 Å². The molecule has 1 N–H and O–H groups in total. The van der Waals surface area contributed by atoms with Crippen LogP contribution in [0.5, 0.6) is 23.0 Å². The van der Waals surface area contributed by atoms with Gasteiger partial charge in [-0.05, 0) is 80.4 Å². The Morgan fingerprint density at radius 3 is 1.13 bits per heavy atom. The van der Waals surface area contributed by atoms with E-state index in [1.165, 1.54) is 66.4 Å². The molecule has 486 valence electrons. The van der Waals surface area contributed by atoms with Crippen molar-refractivity contribution in [3.8, 4) is 96.8 Å². The lowest BCUT2D eigenvalue weighted by Crippen LogP contribution is -2.32. The van der Waals surface area contributed by atoms with Crippen molar-refractivity contribution in [2.45, 2.75) is 10.8 Å². The summed E-state index contributed by atoms with van der Waals surface area (Å²) >= 11 is 5.99. The summed E-state index contributed by atoms with van der Waals surface area (Å²) in [5.74, 6) is 6.40. The largest absolute Gasteiger partial charge is 0.454 e. The van der Waals surface area contributed by atoms with Gasteiger partial charge in [0.2, 0.25) is 11.2 Å². The minimum absolute atomic E-state index is 0. The number of para-hydroxylation sites is 4. The molecule has 0 bridgehead atoms. The number of ether oxygens (including phenoxy) is 2. The third-order valence-corrected chi connectivity index (χ3v) is 20.9. The van der Waals surface area contributed by atoms with E-state index in [0.29, 0.717) is 29.2 Å². The molecule has 2 spiro atoms. The number of nitrogens with one attached hydrogen (secondary N) is 1. The highest BCUT2D eigenvalue weighted by Gasteiger charge is 2.53. The van der Waals surface area contributed by atoms with E-state index in [0.717, 1.165) is 89.2 Å². The maximum absolute atomic E-state index is 7.14. The zero-order valence-corrected chi connectivity index (χ0v) is 55.9. The molecule has 18 aromatic rings. The predicted octanol–water partition coefficient (Wildman–Crippen LogP) is 22.7. The van der Waals surface area contributed by atoms with Gasteiger partial charge in [0.15, 0.2) is 34.8 Å². The lowest BCUT2D eigenvalue weighted by molar-refractivity contribution is 0.440. The maximum atomic E-state index is 7.14. The van der Waals surface area contributed by atoms with Crippen molar-refractivity contribution in [3.05, 3.63) is 390 Å². The first kappa shape index (κ1) is 59.6. The van der Waals surface area contributed by atoms with Gasteiger partial charge in [0.05, 0.1) is 21.9 Å². The van der Waals surface area contributed by atoms with E-state index in [1.54, 1.807) is 0 Å². The molecule has 0 saturated carbocycles. The molecule has 14 aromatic carbocycles. The molecular formula is C92H59ClN8O2. The van der Waals surface area contributed by atoms with E-state index in [2.05, 4.69) is 243 Å². The lowest BCUT2D eigenvalue weighted by Gasteiger charge is -2.39. The third-order valence-electron chi connectivity index (χ3n) is 20.7. The van der Waals surface area contributed by atoms with E-state index in [9.17, 15) is 0 Å². The molecule has 2 aliphatic heterocycles. The summed E-state index contributed by atoms with van der Waals surface area (Å²) < 4.78 is 16.0. The van der Waals surface area contributed by atoms with Gasteiger partial charge in [-0.3, -0.25) is 4.57 Å². The van der Waals surface area contributed by atoms with Gasteiger partial charge in [-0.1, -0.05) is 315 Å². The van der Waals surface area contributed by atoms with Crippen LogP contribution >= 0.6 is 11.6 Å². The van der Waals surface area contributed by atoms with Crippen molar-refractivity contribution in [1.82, 2.24) is 39.5 Å². The highest BCUT2D eigenvalue weighted by Crippen LogP contribution is 2.65. The second-order valence-electron chi connectivity index (χ2n) is 26.1. The first-order chi connectivity index (χ1) is 51.0. The zero-order valence-electron chi connectivity index (χ0n) is 55.2. The number of aromatic amines is 1. The molecule has 10 nitrogen and oxygen atoms in total. The van der Waals surface area contributed by atoms with E-state index >= 15 is 0 Å². The van der Waals surface area contributed by atoms with E-state index in [1.807, 2.05) is 121 Å². The van der Waals surface area contributed by atoms with Crippen LogP contribution in [0.15, 0.2) is 340 Å². The number of nitrogens with zero attached hydrogens (tertiary/aromatic N) is 7. The summed E-state index contributed by atoms with van der Waals surface area (Å²) in [5.41, 5.74) is 21.6. The summed E-state index contributed by atoms with van der Waals surface area (Å²) in [6.45, 7) is 0. The van der Waals surface area contributed by atoms with Gasteiger partial charge in [0.25, 0.3) is 0 Å². The van der Waals surface area contributed by atoms with Gasteiger partial charge in [-0.15, -0.1) is 0 Å². The Hall–Kier alpha value is -13.4. The molecule has 103 heavy (non-hydrogen) atoms. The first-order valence-corrected chi connectivity index (χ1v) is 34.8. The molecule has 4 aromatic heterocycles. The van der Waals surface area contributed by atoms with E-state index in [4.69, 9.17) is 36.0 Å². The Morgan fingerprint density at radius 1 is 0.291 bits per heavy atom. The molecule has 0 fully saturated rings. The monoisotopic (exact) mass is 1340 g/mol. The van der Waals surface area contributed by atoms with Crippen LogP contribution in [0.3, 0.4) is 0 Å². The Labute approximate surface area is 599 Å². The van der Waals surface area contributed by atoms with Gasteiger partial charge in [0, 0.05) is 73.0 Å². The van der Waals surface area contributed by atoms with Crippen LogP contribution in [0.2, 0.25) is 5.28 Å². The van der Waals surface area contributed by atoms with E-state index in [-0.39, 0.29) is 6.71 Å². The van der Waals surface area contributed by atoms with Gasteiger partial charge in [0.1, 0.15) is 17.0 Å². The highest BCUT2D eigenvalue weighted by atomic mass is 35.5. The molecule has 11 heteroatoms. The van der Waals surface area contributed by atoms with Crippen molar-refractivity contribution in [3.63, 3.8) is 0 Å². The van der Waals surface area contributed by atoms with Crippen LogP contribution in [0.4, 0.5) is 0 Å². The topological polar surface area (TPSA) is 117 Å². The number of halogens is 1. The summed E-state index contributed by atoms with van der Waals surface area (Å²) in [6.07, 6.45) is 0. The van der Waals surface area contributed by atoms with Gasteiger partial charge in [-0.2, -0.15) is 19.9 Å². The Bertz CT molecular complexity index is 6220. The van der Waals surface area contributed by atoms with Crippen LogP contribution in [0.25, 0.3) is 117 Å². The fraction of sp³-hybridized carbons (Fsp3) is 0.0217. The Kier molecular flexibility index (Phi) is 13.8. The average Bonchev–Trinajstić information content (AvgIpc) is 1.48. The average molecular weight is 1340 g/mol. The van der Waals surface area contributed by atoms with Crippen molar-refractivity contribution in [2.75, 3.05) is 0 Å². The summed E-state index contributed by atoms with van der Waals surface area (Å²) in [4.78, 5) is 31.9. The molecule has 4 aliphatic rings. The SMILES string of the molecule is Clc1nc(-c2ccccc2)nc(-c2ccccc2)n1.[2HH].c1ccc(-c2nc(-c3ccccc3)nc(-n3c4ccccc4c4ccc5c(c43)Oc3ccccc3C53c4ccccc4-c4ccccc43)n2)cc1.c1ccc2c(c1)Oc1c(ccc3c1[nH]c1ccccc13)C21c2ccccc2-c2ccccc21. The molecule has 0 amide bonds. The molecule has 0 atom stereocenters. The maximum Gasteiger partial charge on any atom is 0.238 e. The zero-order chi connectivity index (χ0) is 68.2. The van der Waals surface area contributed by atoms with Crippen LogP contribution in [-0.4, -0.2) is 39.5 Å². The number of benzene rings is 14. The van der Waals surface area contributed by atoms with Crippen LogP contribution in [0.1, 0.15) is 45.9 Å². The summed E-state index contributed by atoms with van der Waals surface area (Å²) in [5, 5.41) is 4.79. The molecule has 2 aliphatic carbocycles. The Balaban J connectivity index is 0.000000120. The number of rotatable bonds is 5. The van der Waals surface area contributed by atoms with Crippen LogP contribution in [0, 0.1) is 0 Å². The fourth-order valence-electron chi connectivity index (χ4n) is 16.5.